The molecule has 0 saturated heterocycles. The number of hydrogen-bond acceptors (Lipinski definition) is 2. The summed E-state index contributed by atoms with van der Waals surface area (Å²) in [5.41, 5.74) is -0.131. The zero-order valence-corrected chi connectivity index (χ0v) is 8.88. The number of halogens is 1. The molecule has 0 aliphatic heterocycles. The van der Waals surface area contributed by atoms with E-state index in [1.165, 1.54) is 0 Å². The Morgan fingerprint density at radius 2 is 2.08 bits per heavy atom. The first kappa shape index (κ1) is 11.0. The van der Waals surface area contributed by atoms with Gasteiger partial charge in [0.2, 0.25) is 0 Å². The highest BCUT2D eigenvalue weighted by atomic mass is 35.5. The third kappa shape index (κ3) is 2.06. The summed E-state index contributed by atoms with van der Waals surface area (Å²) in [4.78, 5) is 0. The molecule has 3 heteroatoms. The van der Waals surface area contributed by atoms with Crippen molar-refractivity contribution in [1.82, 2.24) is 0 Å². The van der Waals surface area contributed by atoms with Crippen molar-refractivity contribution in [3.8, 4) is 0 Å². The average Bonchev–Trinajstić information content (AvgIpc) is 2.00. The van der Waals surface area contributed by atoms with Crippen molar-refractivity contribution in [2.24, 2.45) is 5.92 Å². The minimum Gasteiger partial charge on any atom is -0.390 e. The number of aliphatic hydroxyl groups excluding tert-OH is 1. The number of alkyl halides is 1. The number of hydrogen-bond donors (Lipinski definition) is 2. The molecule has 76 valence electrons. The highest BCUT2D eigenvalue weighted by Crippen LogP contribution is 2.38. The van der Waals surface area contributed by atoms with E-state index in [1.807, 2.05) is 6.92 Å². The van der Waals surface area contributed by atoms with Gasteiger partial charge >= 0.3 is 0 Å². The molecule has 4 atom stereocenters. The summed E-state index contributed by atoms with van der Waals surface area (Å²) in [5, 5.41) is 19.1. The molecule has 0 aromatic carbocycles. The van der Waals surface area contributed by atoms with Crippen LogP contribution in [-0.2, 0) is 0 Å². The summed E-state index contributed by atoms with van der Waals surface area (Å²) >= 11 is 5.99. The molecule has 0 aromatic heterocycles. The lowest BCUT2D eigenvalue weighted by Gasteiger charge is -2.41. The second-order valence-corrected chi connectivity index (χ2v) is 4.75. The van der Waals surface area contributed by atoms with E-state index in [1.54, 1.807) is 6.92 Å². The lowest BCUT2D eigenvalue weighted by molar-refractivity contribution is -0.0919. The summed E-state index contributed by atoms with van der Waals surface area (Å²) in [6, 6.07) is 0. The Kier molecular flexibility index (Phi) is 3.05. The van der Waals surface area contributed by atoms with Gasteiger partial charge < -0.3 is 10.2 Å². The van der Waals surface area contributed by atoms with E-state index in [0.29, 0.717) is 12.8 Å². The van der Waals surface area contributed by atoms with Crippen molar-refractivity contribution in [1.29, 1.82) is 0 Å². The summed E-state index contributed by atoms with van der Waals surface area (Å²) in [6.07, 6.45) is 0.511. The number of aliphatic hydroxyl groups is 2. The maximum atomic E-state index is 9.80. The van der Waals surface area contributed by atoms with Gasteiger partial charge in [0, 0.05) is 0 Å². The Balaban J connectivity index is 2.73. The van der Waals surface area contributed by atoms with Crippen LogP contribution in [0.2, 0.25) is 0 Å². The van der Waals surface area contributed by atoms with E-state index in [2.05, 4.69) is 6.58 Å². The van der Waals surface area contributed by atoms with E-state index in [9.17, 15) is 10.2 Å². The number of rotatable bonds is 1. The van der Waals surface area contributed by atoms with Crippen molar-refractivity contribution >= 4 is 11.6 Å². The van der Waals surface area contributed by atoms with Crippen LogP contribution in [-0.4, -0.2) is 27.3 Å². The minimum atomic E-state index is -1.16. The fraction of sp³-hybridized carbons (Fsp3) is 0.800. The summed E-state index contributed by atoms with van der Waals surface area (Å²) < 4.78 is 0. The smallest absolute Gasteiger partial charge is 0.104 e. The van der Waals surface area contributed by atoms with Gasteiger partial charge in [-0.25, -0.2) is 0 Å². The molecule has 0 bridgehead atoms. The molecule has 0 aromatic rings. The molecule has 1 rings (SSSR count). The van der Waals surface area contributed by atoms with E-state index < -0.39 is 17.1 Å². The second kappa shape index (κ2) is 3.60. The molecule has 0 radical (unpaired) electrons. The van der Waals surface area contributed by atoms with Crippen LogP contribution in [0.5, 0.6) is 0 Å². The Bertz CT molecular complexity index is 199. The molecule has 2 nitrogen and oxygen atoms in total. The Labute approximate surface area is 84.2 Å². The molecule has 1 aliphatic rings. The van der Waals surface area contributed by atoms with Gasteiger partial charge in [-0.05, 0) is 32.6 Å². The fourth-order valence-electron chi connectivity index (χ4n) is 1.70. The molecule has 1 fully saturated rings. The van der Waals surface area contributed by atoms with Crippen molar-refractivity contribution in [2.45, 2.75) is 43.8 Å². The molecule has 0 amide bonds. The maximum absolute atomic E-state index is 9.80. The summed E-state index contributed by atoms with van der Waals surface area (Å²) in [7, 11) is 0. The van der Waals surface area contributed by atoms with Crippen LogP contribution < -0.4 is 0 Å². The van der Waals surface area contributed by atoms with Crippen LogP contribution in [0.25, 0.3) is 0 Å². The van der Waals surface area contributed by atoms with Crippen LogP contribution in [0, 0.1) is 5.92 Å². The van der Waals surface area contributed by atoms with Crippen molar-refractivity contribution < 1.29 is 10.2 Å². The first-order valence-corrected chi connectivity index (χ1v) is 4.99. The first-order chi connectivity index (χ1) is 5.85. The molecule has 1 saturated carbocycles. The predicted octanol–water partition coefficient (Wildman–Crippen LogP) is 1.69. The lowest BCUT2D eigenvalue weighted by Crippen LogP contribution is -2.52. The highest BCUT2D eigenvalue weighted by Gasteiger charge is 2.44. The molecule has 0 heterocycles. The van der Waals surface area contributed by atoms with Crippen molar-refractivity contribution in [2.75, 3.05) is 0 Å². The molecule has 13 heavy (non-hydrogen) atoms. The second-order valence-electron chi connectivity index (χ2n) is 4.22. The van der Waals surface area contributed by atoms with Gasteiger partial charge in [-0.2, -0.15) is 0 Å². The molecule has 2 N–H and O–H groups in total. The van der Waals surface area contributed by atoms with Gasteiger partial charge in [0.15, 0.2) is 0 Å². The van der Waals surface area contributed by atoms with Crippen LogP contribution in [0.3, 0.4) is 0 Å². The molecular weight excluding hydrogens is 188 g/mol. The minimum absolute atomic E-state index is 0.234. The highest BCUT2D eigenvalue weighted by molar-refractivity contribution is 6.21. The Morgan fingerprint density at radius 3 is 2.46 bits per heavy atom. The van der Waals surface area contributed by atoms with E-state index in [4.69, 9.17) is 11.6 Å². The van der Waals surface area contributed by atoms with Gasteiger partial charge in [-0.15, -0.1) is 11.6 Å². The zero-order chi connectivity index (χ0) is 10.2. The molecule has 1 aliphatic carbocycles. The SMILES string of the molecule is C=C(C)[C@@H]1C[C@@H](O)[C@](C)(O)[C@@H](Cl)C1. The number of allylic oxidation sites excluding steroid dienone is 1. The Hall–Kier alpha value is -0.0500. The van der Waals surface area contributed by atoms with Crippen LogP contribution >= 0.6 is 11.6 Å². The zero-order valence-electron chi connectivity index (χ0n) is 8.13. The summed E-state index contributed by atoms with van der Waals surface area (Å²) in [6.45, 7) is 7.36. The van der Waals surface area contributed by atoms with Gasteiger partial charge in [0.25, 0.3) is 0 Å². The van der Waals surface area contributed by atoms with Gasteiger partial charge in [0.05, 0.1) is 11.5 Å². The molecule has 0 unspecified atom stereocenters. The first-order valence-electron chi connectivity index (χ1n) is 4.55. The van der Waals surface area contributed by atoms with E-state index in [-0.39, 0.29) is 5.92 Å². The maximum Gasteiger partial charge on any atom is 0.104 e. The van der Waals surface area contributed by atoms with Gasteiger partial charge in [-0.1, -0.05) is 12.2 Å². The van der Waals surface area contributed by atoms with E-state index >= 15 is 0 Å². The molecular formula is C10H17ClO2. The molecule has 0 spiro atoms. The van der Waals surface area contributed by atoms with E-state index in [0.717, 1.165) is 5.57 Å². The standard InChI is InChI=1S/C10H17ClO2/c1-6(2)7-4-8(11)10(3,13)9(12)5-7/h7-9,12-13H,1,4-5H2,2-3H3/t7-,8-,9+,10+/m0/s1. The van der Waals surface area contributed by atoms with Crippen LogP contribution in [0.1, 0.15) is 26.7 Å². The van der Waals surface area contributed by atoms with Gasteiger partial charge in [0.1, 0.15) is 5.60 Å². The average molecular weight is 205 g/mol. The fourth-order valence-corrected chi connectivity index (χ4v) is 2.06. The van der Waals surface area contributed by atoms with Gasteiger partial charge in [-0.3, -0.25) is 0 Å². The Morgan fingerprint density at radius 1 is 1.54 bits per heavy atom. The van der Waals surface area contributed by atoms with Crippen LogP contribution in [0.4, 0.5) is 0 Å². The van der Waals surface area contributed by atoms with Crippen LogP contribution in [0.15, 0.2) is 12.2 Å². The third-order valence-electron chi connectivity index (χ3n) is 3.00. The topological polar surface area (TPSA) is 40.5 Å². The largest absolute Gasteiger partial charge is 0.390 e. The monoisotopic (exact) mass is 204 g/mol. The van der Waals surface area contributed by atoms with Crippen molar-refractivity contribution in [3.63, 3.8) is 0 Å². The third-order valence-corrected chi connectivity index (χ3v) is 3.62. The normalized spacial score (nSPS) is 46.1. The lowest BCUT2D eigenvalue weighted by atomic mass is 9.75. The van der Waals surface area contributed by atoms with Crippen molar-refractivity contribution in [3.05, 3.63) is 12.2 Å². The summed E-state index contributed by atoms with van der Waals surface area (Å²) in [5.74, 6) is 0.234. The quantitative estimate of drug-likeness (QED) is 0.504. The predicted molar refractivity (Wildman–Crippen MR) is 53.8 cm³/mol.